The quantitative estimate of drug-likeness (QED) is 0.622. The number of nitrogens with one attached hydrogen (secondary N) is 2. The number of aryl methyl sites for hydroxylation is 1. The second-order valence-corrected chi connectivity index (χ2v) is 8.15. The van der Waals surface area contributed by atoms with E-state index < -0.39 is 15.9 Å². The summed E-state index contributed by atoms with van der Waals surface area (Å²) in [5.74, 6) is -0.800. The smallest absolute Gasteiger partial charge is 0.270 e. The molecule has 0 aliphatic carbocycles. The van der Waals surface area contributed by atoms with Gasteiger partial charge in [-0.2, -0.15) is 0 Å². The number of benzene rings is 2. The number of sulfonamides is 1. The first-order chi connectivity index (χ1) is 13.2. The molecule has 0 spiro atoms. The predicted octanol–water partition coefficient (Wildman–Crippen LogP) is 2.53. The predicted molar refractivity (Wildman–Crippen MR) is 108 cm³/mol. The molecule has 0 unspecified atom stereocenters. The first kappa shape index (κ1) is 19.5. The Morgan fingerprint density at radius 1 is 1.04 bits per heavy atom. The summed E-state index contributed by atoms with van der Waals surface area (Å²) in [5, 5.41) is 3.47. The molecule has 0 bridgehead atoms. The monoisotopic (exact) mass is 397 g/mol. The summed E-state index contributed by atoms with van der Waals surface area (Å²) < 4.78 is 25.3. The van der Waals surface area contributed by atoms with Crippen molar-refractivity contribution in [1.82, 2.24) is 10.3 Å². The summed E-state index contributed by atoms with van der Waals surface area (Å²) in [5.41, 5.74) is 2.22. The number of aromatic nitrogens is 1. The molecule has 28 heavy (non-hydrogen) atoms. The van der Waals surface area contributed by atoms with Crippen LogP contribution in [0.4, 0.5) is 5.69 Å². The number of fused-ring (bicyclic) bond motifs is 1. The number of nitrogens with zero attached hydrogens (tertiary/aromatic N) is 1. The molecule has 1 aromatic heterocycles. The SMILES string of the molecule is Cc1ccc(C(=O)CNC(=O)c2ccc3ccccc3n2)cc1NS(C)(=O)=O. The number of carbonyl (C=O) groups excluding carboxylic acids is 2. The number of pyridine rings is 1. The summed E-state index contributed by atoms with van der Waals surface area (Å²) in [6.07, 6.45) is 1.04. The fourth-order valence-electron chi connectivity index (χ4n) is 2.65. The van der Waals surface area contributed by atoms with Crippen molar-refractivity contribution in [3.63, 3.8) is 0 Å². The zero-order valence-corrected chi connectivity index (χ0v) is 16.2. The van der Waals surface area contributed by atoms with Gasteiger partial charge in [0.05, 0.1) is 24.0 Å². The van der Waals surface area contributed by atoms with Crippen molar-refractivity contribution in [3.8, 4) is 0 Å². The standard InChI is InChI=1S/C20H19N3O4S/c1-13-7-8-15(11-18(13)23-28(2,26)27)19(24)12-21-20(25)17-10-9-14-5-3-4-6-16(14)22-17/h3-11,23H,12H2,1-2H3,(H,21,25). The summed E-state index contributed by atoms with van der Waals surface area (Å²) >= 11 is 0. The summed E-state index contributed by atoms with van der Waals surface area (Å²) in [4.78, 5) is 29.0. The highest BCUT2D eigenvalue weighted by atomic mass is 32.2. The minimum atomic E-state index is -3.46. The fourth-order valence-corrected chi connectivity index (χ4v) is 3.27. The van der Waals surface area contributed by atoms with Gasteiger partial charge in [0, 0.05) is 10.9 Å². The van der Waals surface area contributed by atoms with Gasteiger partial charge in [0.25, 0.3) is 5.91 Å². The zero-order chi connectivity index (χ0) is 20.3. The van der Waals surface area contributed by atoms with Crippen molar-refractivity contribution in [1.29, 1.82) is 0 Å². The van der Waals surface area contributed by atoms with E-state index in [-0.39, 0.29) is 18.0 Å². The van der Waals surface area contributed by atoms with Crippen LogP contribution in [-0.2, 0) is 10.0 Å². The van der Waals surface area contributed by atoms with Crippen LogP contribution in [0.1, 0.15) is 26.4 Å². The van der Waals surface area contributed by atoms with Crippen LogP contribution in [0, 0.1) is 6.92 Å². The molecule has 2 N–H and O–H groups in total. The molecule has 3 aromatic rings. The Morgan fingerprint density at radius 2 is 1.79 bits per heavy atom. The third-order valence-electron chi connectivity index (χ3n) is 4.10. The van der Waals surface area contributed by atoms with E-state index in [1.807, 2.05) is 18.2 Å². The Hall–Kier alpha value is -3.26. The van der Waals surface area contributed by atoms with Gasteiger partial charge in [0.15, 0.2) is 5.78 Å². The Kier molecular flexibility index (Phi) is 5.41. The number of amides is 1. The van der Waals surface area contributed by atoms with Gasteiger partial charge < -0.3 is 5.32 Å². The number of anilines is 1. The minimum absolute atomic E-state index is 0.217. The molecule has 2 aromatic carbocycles. The van der Waals surface area contributed by atoms with Gasteiger partial charge in [-0.3, -0.25) is 14.3 Å². The van der Waals surface area contributed by atoms with E-state index in [9.17, 15) is 18.0 Å². The van der Waals surface area contributed by atoms with Crippen molar-refractivity contribution in [2.24, 2.45) is 0 Å². The Balaban J connectivity index is 1.70. The minimum Gasteiger partial charge on any atom is -0.343 e. The van der Waals surface area contributed by atoms with Crippen molar-refractivity contribution in [2.45, 2.75) is 6.92 Å². The molecule has 0 atom stereocenters. The third-order valence-corrected chi connectivity index (χ3v) is 4.69. The summed E-state index contributed by atoms with van der Waals surface area (Å²) in [7, 11) is -3.46. The van der Waals surface area contributed by atoms with E-state index >= 15 is 0 Å². The molecule has 1 amide bonds. The molecule has 0 fully saturated rings. The number of ketones is 1. The maximum absolute atomic E-state index is 12.4. The van der Waals surface area contributed by atoms with E-state index in [2.05, 4.69) is 15.0 Å². The molecule has 3 rings (SSSR count). The van der Waals surface area contributed by atoms with Crippen molar-refractivity contribution in [2.75, 3.05) is 17.5 Å². The lowest BCUT2D eigenvalue weighted by Gasteiger charge is -2.10. The fraction of sp³-hybridized carbons (Fsp3) is 0.150. The third kappa shape index (κ3) is 4.72. The van der Waals surface area contributed by atoms with Gasteiger partial charge >= 0.3 is 0 Å². The highest BCUT2D eigenvalue weighted by molar-refractivity contribution is 7.92. The molecule has 1 heterocycles. The van der Waals surface area contributed by atoms with Crippen LogP contribution in [0.15, 0.2) is 54.6 Å². The number of hydrogen-bond donors (Lipinski definition) is 2. The van der Waals surface area contributed by atoms with E-state index in [1.165, 1.54) is 6.07 Å². The van der Waals surface area contributed by atoms with Crippen molar-refractivity contribution >= 4 is 38.3 Å². The molecule has 0 saturated carbocycles. The average molecular weight is 397 g/mol. The van der Waals surface area contributed by atoms with E-state index in [0.29, 0.717) is 22.3 Å². The highest BCUT2D eigenvalue weighted by Crippen LogP contribution is 2.18. The number of carbonyl (C=O) groups is 2. The van der Waals surface area contributed by atoms with Crippen LogP contribution in [0.3, 0.4) is 0 Å². The zero-order valence-electron chi connectivity index (χ0n) is 15.4. The van der Waals surface area contributed by atoms with Gasteiger partial charge in [0.1, 0.15) is 5.69 Å². The van der Waals surface area contributed by atoms with Gasteiger partial charge in [-0.25, -0.2) is 13.4 Å². The molecule has 0 saturated heterocycles. The van der Waals surface area contributed by atoms with Crippen molar-refractivity contribution < 1.29 is 18.0 Å². The Labute approximate surface area is 162 Å². The van der Waals surface area contributed by atoms with Gasteiger partial charge in [-0.1, -0.05) is 36.4 Å². The second kappa shape index (κ2) is 7.77. The normalized spacial score (nSPS) is 11.2. The van der Waals surface area contributed by atoms with Gasteiger partial charge in [0.2, 0.25) is 10.0 Å². The van der Waals surface area contributed by atoms with E-state index in [0.717, 1.165) is 11.6 Å². The second-order valence-electron chi connectivity index (χ2n) is 6.40. The first-order valence-corrected chi connectivity index (χ1v) is 10.4. The molecular weight excluding hydrogens is 378 g/mol. The largest absolute Gasteiger partial charge is 0.343 e. The Morgan fingerprint density at radius 3 is 2.54 bits per heavy atom. The lowest BCUT2D eigenvalue weighted by Crippen LogP contribution is -2.30. The number of Topliss-reactive ketones (excluding diaryl/α,β-unsaturated/α-hetero) is 1. The maximum Gasteiger partial charge on any atom is 0.270 e. The summed E-state index contributed by atoms with van der Waals surface area (Å²) in [6.45, 7) is 1.50. The molecule has 8 heteroatoms. The van der Waals surface area contributed by atoms with Gasteiger partial charge in [-0.15, -0.1) is 0 Å². The molecular formula is C20H19N3O4S. The topological polar surface area (TPSA) is 105 Å². The highest BCUT2D eigenvalue weighted by Gasteiger charge is 2.14. The van der Waals surface area contributed by atoms with Crippen LogP contribution in [0.5, 0.6) is 0 Å². The molecule has 0 aliphatic rings. The Bertz CT molecular complexity index is 1170. The molecule has 7 nitrogen and oxygen atoms in total. The van der Waals surface area contributed by atoms with Gasteiger partial charge in [-0.05, 0) is 30.7 Å². The lowest BCUT2D eigenvalue weighted by atomic mass is 10.1. The molecule has 144 valence electrons. The van der Waals surface area contributed by atoms with Crippen LogP contribution in [0.25, 0.3) is 10.9 Å². The van der Waals surface area contributed by atoms with Crippen molar-refractivity contribution in [3.05, 3.63) is 71.4 Å². The number of para-hydroxylation sites is 1. The maximum atomic E-state index is 12.4. The molecule has 0 aliphatic heterocycles. The lowest BCUT2D eigenvalue weighted by molar-refractivity contribution is 0.0901. The average Bonchev–Trinajstić information content (AvgIpc) is 2.66. The van der Waals surface area contributed by atoms with Crippen LogP contribution in [0.2, 0.25) is 0 Å². The van der Waals surface area contributed by atoms with Crippen LogP contribution < -0.4 is 10.0 Å². The summed E-state index contributed by atoms with van der Waals surface area (Å²) in [6, 6.07) is 15.5. The van der Waals surface area contributed by atoms with E-state index in [4.69, 9.17) is 0 Å². The van der Waals surface area contributed by atoms with E-state index in [1.54, 1.807) is 37.3 Å². The van der Waals surface area contributed by atoms with Crippen LogP contribution in [-0.4, -0.2) is 37.9 Å². The first-order valence-electron chi connectivity index (χ1n) is 8.48. The number of hydrogen-bond acceptors (Lipinski definition) is 5. The molecule has 0 radical (unpaired) electrons. The van der Waals surface area contributed by atoms with Crippen LogP contribution >= 0.6 is 0 Å². The number of rotatable bonds is 6.